The summed E-state index contributed by atoms with van der Waals surface area (Å²) in [5.74, 6) is 0. The van der Waals surface area contributed by atoms with Gasteiger partial charge in [-0.1, -0.05) is 22.0 Å². The van der Waals surface area contributed by atoms with Gasteiger partial charge < -0.3 is 5.11 Å². The van der Waals surface area contributed by atoms with Crippen molar-refractivity contribution in [3.05, 3.63) is 34.2 Å². The zero-order chi connectivity index (χ0) is 10.1. The Morgan fingerprint density at radius 1 is 1.43 bits per heavy atom. The average Bonchev–Trinajstić information content (AvgIpc) is 2.52. The number of aliphatic hydroxyl groups excluding tert-OH is 1. The Hall–Kier alpha value is -0.380. The van der Waals surface area contributed by atoms with Gasteiger partial charge in [0.05, 0.1) is 6.61 Å². The summed E-state index contributed by atoms with van der Waals surface area (Å²) >= 11 is 5.18. The summed E-state index contributed by atoms with van der Waals surface area (Å²) in [6.07, 6.45) is 0. The molecular formula is C11H11BrOS. The summed E-state index contributed by atoms with van der Waals surface area (Å²) in [5, 5.41) is 11.3. The predicted molar refractivity (Wildman–Crippen MR) is 65.1 cm³/mol. The first-order chi connectivity index (χ1) is 6.76. The van der Waals surface area contributed by atoms with E-state index in [1.165, 1.54) is 20.5 Å². The van der Waals surface area contributed by atoms with E-state index in [1.807, 2.05) is 0 Å². The lowest BCUT2D eigenvalue weighted by molar-refractivity contribution is 0.283. The Kier molecular flexibility index (Phi) is 2.91. The largest absolute Gasteiger partial charge is 0.392 e. The highest BCUT2D eigenvalue weighted by Gasteiger charge is 2.07. The van der Waals surface area contributed by atoms with Gasteiger partial charge in [0, 0.05) is 14.9 Å². The molecule has 0 amide bonds. The minimum absolute atomic E-state index is 0.136. The molecule has 0 unspecified atom stereocenters. The van der Waals surface area contributed by atoms with Crippen molar-refractivity contribution >= 4 is 37.4 Å². The maximum atomic E-state index is 9.26. The van der Waals surface area contributed by atoms with Crippen LogP contribution in [0.15, 0.2) is 18.2 Å². The molecule has 0 atom stereocenters. The van der Waals surface area contributed by atoms with E-state index in [0.29, 0.717) is 0 Å². The van der Waals surface area contributed by atoms with Gasteiger partial charge in [0.15, 0.2) is 0 Å². The molecule has 3 heteroatoms. The number of halogens is 1. The lowest BCUT2D eigenvalue weighted by atomic mass is 10.1. The van der Waals surface area contributed by atoms with Crippen molar-refractivity contribution < 1.29 is 5.11 Å². The molecule has 0 radical (unpaired) electrons. The van der Waals surface area contributed by atoms with E-state index in [4.69, 9.17) is 0 Å². The molecule has 1 nitrogen and oxygen atoms in total. The van der Waals surface area contributed by atoms with Crippen molar-refractivity contribution in [3.63, 3.8) is 0 Å². The maximum absolute atomic E-state index is 9.26. The van der Waals surface area contributed by atoms with Crippen LogP contribution >= 0.6 is 27.3 Å². The highest BCUT2D eigenvalue weighted by Crippen LogP contribution is 2.31. The Bertz CT molecular complexity index is 462. The molecule has 1 aromatic carbocycles. The number of hydrogen-bond acceptors (Lipinski definition) is 2. The number of benzene rings is 1. The normalized spacial score (nSPS) is 11.1. The zero-order valence-corrected chi connectivity index (χ0v) is 10.3. The topological polar surface area (TPSA) is 20.2 Å². The van der Waals surface area contributed by atoms with Crippen molar-refractivity contribution in [2.75, 3.05) is 0 Å². The fourth-order valence-corrected chi connectivity index (χ4v) is 3.00. The Labute approximate surface area is 95.5 Å². The third-order valence-corrected chi connectivity index (χ3v) is 4.15. The Morgan fingerprint density at radius 2 is 2.21 bits per heavy atom. The van der Waals surface area contributed by atoms with Crippen LogP contribution in [0.25, 0.3) is 10.1 Å². The highest BCUT2D eigenvalue weighted by atomic mass is 79.9. The van der Waals surface area contributed by atoms with Crippen molar-refractivity contribution in [2.45, 2.75) is 18.9 Å². The van der Waals surface area contributed by atoms with Crippen molar-refractivity contribution in [1.29, 1.82) is 0 Å². The monoisotopic (exact) mass is 270 g/mol. The van der Waals surface area contributed by atoms with Crippen LogP contribution in [-0.2, 0) is 11.9 Å². The summed E-state index contributed by atoms with van der Waals surface area (Å²) in [6.45, 7) is 2.20. The predicted octanol–water partition coefficient (Wildman–Crippen LogP) is 3.60. The van der Waals surface area contributed by atoms with Crippen LogP contribution in [0.4, 0.5) is 0 Å². The number of thiophene rings is 1. The van der Waals surface area contributed by atoms with E-state index in [2.05, 4.69) is 41.1 Å². The third kappa shape index (κ3) is 1.60. The number of aliphatic hydroxyl groups is 1. The molecule has 74 valence electrons. The molecule has 0 saturated heterocycles. The van der Waals surface area contributed by atoms with E-state index in [-0.39, 0.29) is 6.61 Å². The third-order valence-electron chi connectivity index (χ3n) is 2.37. The van der Waals surface area contributed by atoms with Crippen LogP contribution in [0.3, 0.4) is 0 Å². The number of rotatable bonds is 2. The average molecular weight is 271 g/mol. The highest BCUT2D eigenvalue weighted by molar-refractivity contribution is 9.08. The van der Waals surface area contributed by atoms with Gasteiger partial charge in [-0.3, -0.25) is 0 Å². The smallest absolute Gasteiger partial charge is 0.0698 e. The second-order valence-electron chi connectivity index (χ2n) is 3.26. The molecule has 14 heavy (non-hydrogen) atoms. The number of aryl methyl sites for hydroxylation is 1. The summed E-state index contributed by atoms with van der Waals surface area (Å²) in [6, 6.07) is 6.40. The molecular weight excluding hydrogens is 260 g/mol. The molecule has 0 aliphatic carbocycles. The van der Waals surface area contributed by atoms with E-state index in [9.17, 15) is 5.11 Å². The number of hydrogen-bond donors (Lipinski definition) is 1. The second kappa shape index (κ2) is 4.01. The lowest BCUT2D eigenvalue weighted by Gasteiger charge is -1.98. The van der Waals surface area contributed by atoms with Crippen molar-refractivity contribution in [3.8, 4) is 0 Å². The molecule has 1 heterocycles. The van der Waals surface area contributed by atoms with Crippen molar-refractivity contribution in [2.24, 2.45) is 0 Å². The molecule has 1 aromatic heterocycles. The van der Waals surface area contributed by atoms with E-state index in [0.717, 1.165) is 10.9 Å². The number of fused-ring (bicyclic) bond motifs is 1. The van der Waals surface area contributed by atoms with Crippen LogP contribution in [-0.4, -0.2) is 5.11 Å². The summed E-state index contributed by atoms with van der Waals surface area (Å²) in [5.41, 5.74) is 2.33. The van der Waals surface area contributed by atoms with Gasteiger partial charge in [-0.25, -0.2) is 0 Å². The summed E-state index contributed by atoms with van der Waals surface area (Å²) < 4.78 is 1.26. The van der Waals surface area contributed by atoms with Crippen LogP contribution in [0.1, 0.15) is 16.0 Å². The van der Waals surface area contributed by atoms with Gasteiger partial charge in [0.25, 0.3) is 0 Å². The van der Waals surface area contributed by atoms with Crippen molar-refractivity contribution in [1.82, 2.24) is 0 Å². The molecule has 0 aliphatic rings. The first-order valence-corrected chi connectivity index (χ1v) is 6.37. The first-order valence-electron chi connectivity index (χ1n) is 4.44. The minimum atomic E-state index is 0.136. The van der Waals surface area contributed by atoms with Crippen LogP contribution in [0, 0.1) is 6.92 Å². The molecule has 0 spiro atoms. The molecule has 0 saturated carbocycles. The zero-order valence-electron chi connectivity index (χ0n) is 7.88. The van der Waals surface area contributed by atoms with Gasteiger partial charge in [0.2, 0.25) is 0 Å². The van der Waals surface area contributed by atoms with Crippen LogP contribution < -0.4 is 0 Å². The Balaban J connectivity index is 2.71. The standard InChI is InChI=1S/C11H11BrOS/c1-7-10(6-13)9-4-8(5-12)2-3-11(9)14-7/h2-4,13H,5-6H2,1H3. The van der Waals surface area contributed by atoms with Gasteiger partial charge in [-0.05, 0) is 35.6 Å². The lowest BCUT2D eigenvalue weighted by Crippen LogP contribution is -1.83. The SMILES string of the molecule is Cc1sc2ccc(CBr)cc2c1CO. The van der Waals surface area contributed by atoms with E-state index in [1.54, 1.807) is 11.3 Å². The maximum Gasteiger partial charge on any atom is 0.0698 e. The van der Waals surface area contributed by atoms with Gasteiger partial charge in [0.1, 0.15) is 0 Å². The molecule has 2 aromatic rings. The molecule has 1 N–H and O–H groups in total. The molecule has 0 fully saturated rings. The van der Waals surface area contributed by atoms with Gasteiger partial charge in [-0.2, -0.15) is 0 Å². The fraction of sp³-hybridized carbons (Fsp3) is 0.273. The van der Waals surface area contributed by atoms with Crippen LogP contribution in [0.2, 0.25) is 0 Å². The van der Waals surface area contributed by atoms with E-state index >= 15 is 0 Å². The second-order valence-corrected chi connectivity index (χ2v) is 5.08. The minimum Gasteiger partial charge on any atom is -0.392 e. The Morgan fingerprint density at radius 3 is 2.86 bits per heavy atom. The van der Waals surface area contributed by atoms with Crippen LogP contribution in [0.5, 0.6) is 0 Å². The molecule has 0 aliphatic heterocycles. The van der Waals surface area contributed by atoms with E-state index < -0.39 is 0 Å². The molecule has 2 rings (SSSR count). The molecule has 0 bridgehead atoms. The number of alkyl halides is 1. The summed E-state index contributed by atoms with van der Waals surface area (Å²) in [7, 11) is 0. The fourth-order valence-electron chi connectivity index (χ4n) is 1.60. The first kappa shape index (κ1) is 10.1. The quantitative estimate of drug-likeness (QED) is 0.827. The summed E-state index contributed by atoms with van der Waals surface area (Å²) in [4.78, 5) is 1.22. The van der Waals surface area contributed by atoms with Gasteiger partial charge in [-0.15, -0.1) is 11.3 Å². The van der Waals surface area contributed by atoms with Gasteiger partial charge >= 0.3 is 0 Å².